The van der Waals surface area contributed by atoms with Crippen molar-refractivity contribution >= 4 is 11.8 Å². The van der Waals surface area contributed by atoms with Crippen molar-refractivity contribution in [3.63, 3.8) is 0 Å². The minimum atomic E-state index is -0.151. The van der Waals surface area contributed by atoms with Crippen molar-refractivity contribution in [2.75, 3.05) is 19.5 Å². The number of hydrogen-bond acceptors (Lipinski definition) is 4. The maximum Gasteiger partial charge on any atom is 0.161 e. The molecule has 0 aromatic heterocycles. The van der Waals surface area contributed by atoms with E-state index in [9.17, 15) is 0 Å². The fourth-order valence-electron chi connectivity index (χ4n) is 2.26. The largest absolute Gasteiger partial charge is 0.486 e. The molecule has 4 heteroatoms. The fourth-order valence-corrected chi connectivity index (χ4v) is 2.67. The first kappa shape index (κ1) is 13.3. The zero-order valence-corrected chi connectivity index (χ0v) is 12.2. The average Bonchev–Trinajstić information content (AvgIpc) is 2.54. The van der Waals surface area contributed by atoms with Gasteiger partial charge in [-0.05, 0) is 41.6 Å². The van der Waals surface area contributed by atoms with Crippen LogP contribution in [0, 0.1) is 0 Å². The Balaban J connectivity index is 1.87. The van der Waals surface area contributed by atoms with Gasteiger partial charge in [-0.2, -0.15) is 0 Å². The summed E-state index contributed by atoms with van der Waals surface area (Å²) in [4.78, 5) is 1.24. The van der Waals surface area contributed by atoms with Crippen LogP contribution in [-0.2, 0) is 0 Å². The highest BCUT2D eigenvalue weighted by molar-refractivity contribution is 7.98. The van der Waals surface area contributed by atoms with E-state index in [1.54, 1.807) is 11.8 Å². The van der Waals surface area contributed by atoms with E-state index in [2.05, 4.69) is 30.5 Å². The number of hydrogen-bond donors (Lipinski definition) is 1. The summed E-state index contributed by atoms with van der Waals surface area (Å²) < 4.78 is 11.1. The maximum absolute atomic E-state index is 6.34. The quantitative estimate of drug-likeness (QED) is 0.880. The van der Waals surface area contributed by atoms with Crippen LogP contribution in [0.2, 0.25) is 0 Å². The first-order chi connectivity index (χ1) is 9.78. The molecule has 0 radical (unpaired) electrons. The zero-order valence-electron chi connectivity index (χ0n) is 11.3. The summed E-state index contributed by atoms with van der Waals surface area (Å²) in [6, 6.07) is 14.1. The molecule has 2 N–H and O–H groups in total. The van der Waals surface area contributed by atoms with Crippen molar-refractivity contribution in [1.29, 1.82) is 0 Å². The van der Waals surface area contributed by atoms with Crippen LogP contribution < -0.4 is 15.2 Å². The minimum Gasteiger partial charge on any atom is -0.486 e. The molecule has 3 rings (SSSR count). The smallest absolute Gasteiger partial charge is 0.161 e. The monoisotopic (exact) mass is 287 g/mol. The van der Waals surface area contributed by atoms with E-state index in [1.807, 2.05) is 18.2 Å². The van der Waals surface area contributed by atoms with E-state index in [1.165, 1.54) is 4.90 Å². The van der Waals surface area contributed by atoms with Gasteiger partial charge < -0.3 is 15.2 Å². The van der Waals surface area contributed by atoms with Crippen molar-refractivity contribution in [1.82, 2.24) is 0 Å². The summed E-state index contributed by atoms with van der Waals surface area (Å²) in [5.74, 6) is 1.58. The summed E-state index contributed by atoms with van der Waals surface area (Å²) in [6.07, 6.45) is 2.07. The highest BCUT2D eigenvalue weighted by Crippen LogP contribution is 2.33. The molecule has 0 amide bonds. The van der Waals surface area contributed by atoms with Gasteiger partial charge in [-0.1, -0.05) is 18.2 Å². The topological polar surface area (TPSA) is 44.5 Å². The van der Waals surface area contributed by atoms with Gasteiger partial charge in [0.15, 0.2) is 11.5 Å². The molecule has 0 saturated carbocycles. The molecule has 1 unspecified atom stereocenters. The van der Waals surface area contributed by atoms with Crippen LogP contribution >= 0.6 is 11.8 Å². The van der Waals surface area contributed by atoms with E-state index in [0.717, 1.165) is 22.6 Å². The molecule has 0 saturated heterocycles. The summed E-state index contributed by atoms with van der Waals surface area (Å²) in [5, 5.41) is 0. The van der Waals surface area contributed by atoms with Gasteiger partial charge >= 0.3 is 0 Å². The minimum absolute atomic E-state index is 0.151. The molecular formula is C16H17NO2S. The van der Waals surface area contributed by atoms with Crippen molar-refractivity contribution < 1.29 is 9.47 Å². The number of benzene rings is 2. The van der Waals surface area contributed by atoms with Crippen LogP contribution in [-0.4, -0.2) is 19.5 Å². The number of ether oxygens (including phenoxy) is 2. The first-order valence-electron chi connectivity index (χ1n) is 6.57. The number of rotatable bonds is 3. The molecule has 1 heterocycles. The molecule has 0 spiro atoms. The van der Waals surface area contributed by atoms with Crippen molar-refractivity contribution in [3.05, 3.63) is 53.6 Å². The van der Waals surface area contributed by atoms with Gasteiger partial charge in [-0.25, -0.2) is 0 Å². The molecule has 1 atom stereocenters. The standard InChI is InChI=1S/C16H17NO2S/c1-20-13-5-2-11(3-6-13)16(17)12-4-7-14-15(10-12)19-9-8-18-14/h2-7,10,16H,8-9,17H2,1H3. The summed E-state index contributed by atoms with van der Waals surface area (Å²) in [5.41, 5.74) is 8.47. The van der Waals surface area contributed by atoms with Crippen LogP contribution in [0.5, 0.6) is 11.5 Å². The third kappa shape index (κ3) is 2.62. The van der Waals surface area contributed by atoms with Gasteiger partial charge in [0.2, 0.25) is 0 Å². The second-order valence-corrected chi connectivity index (χ2v) is 5.53. The maximum atomic E-state index is 6.34. The van der Waals surface area contributed by atoms with Crippen LogP contribution in [0.25, 0.3) is 0 Å². The lowest BCUT2D eigenvalue weighted by Crippen LogP contribution is -2.17. The number of nitrogens with two attached hydrogens (primary N) is 1. The van der Waals surface area contributed by atoms with E-state index in [0.29, 0.717) is 13.2 Å². The van der Waals surface area contributed by atoms with E-state index in [4.69, 9.17) is 15.2 Å². The Kier molecular flexibility index (Phi) is 3.85. The molecule has 104 valence electrons. The Morgan fingerprint density at radius 1 is 0.950 bits per heavy atom. The predicted octanol–water partition coefficient (Wildman–Crippen LogP) is 3.23. The van der Waals surface area contributed by atoms with Crippen molar-refractivity contribution in [3.8, 4) is 11.5 Å². The second kappa shape index (κ2) is 5.77. The van der Waals surface area contributed by atoms with E-state index >= 15 is 0 Å². The van der Waals surface area contributed by atoms with Crippen LogP contribution in [0.3, 0.4) is 0 Å². The highest BCUT2D eigenvalue weighted by atomic mass is 32.2. The molecule has 1 aliphatic heterocycles. The van der Waals surface area contributed by atoms with Crippen molar-refractivity contribution in [2.45, 2.75) is 10.9 Å². The van der Waals surface area contributed by atoms with Gasteiger partial charge in [-0.15, -0.1) is 11.8 Å². The predicted molar refractivity (Wildman–Crippen MR) is 81.7 cm³/mol. The molecule has 1 aliphatic rings. The lowest BCUT2D eigenvalue weighted by molar-refractivity contribution is 0.171. The second-order valence-electron chi connectivity index (χ2n) is 4.65. The Labute approximate surface area is 123 Å². The lowest BCUT2D eigenvalue weighted by Gasteiger charge is -2.20. The SMILES string of the molecule is CSc1ccc(C(N)c2ccc3c(c2)OCCO3)cc1. The Morgan fingerprint density at radius 2 is 1.60 bits per heavy atom. The first-order valence-corrected chi connectivity index (χ1v) is 7.79. The van der Waals surface area contributed by atoms with Gasteiger partial charge in [0.25, 0.3) is 0 Å². The van der Waals surface area contributed by atoms with Crippen LogP contribution in [0.1, 0.15) is 17.2 Å². The Bertz CT molecular complexity index is 598. The highest BCUT2D eigenvalue weighted by Gasteiger charge is 2.15. The van der Waals surface area contributed by atoms with Gasteiger partial charge in [-0.3, -0.25) is 0 Å². The summed E-state index contributed by atoms with van der Waals surface area (Å²) in [7, 11) is 0. The lowest BCUT2D eigenvalue weighted by atomic mass is 9.99. The molecule has 0 bridgehead atoms. The van der Waals surface area contributed by atoms with Crippen LogP contribution in [0.15, 0.2) is 47.4 Å². The third-order valence-corrected chi connectivity index (χ3v) is 4.14. The van der Waals surface area contributed by atoms with Crippen molar-refractivity contribution in [2.24, 2.45) is 5.73 Å². The fraction of sp³-hybridized carbons (Fsp3) is 0.250. The number of thioether (sulfide) groups is 1. The van der Waals surface area contributed by atoms with Gasteiger partial charge in [0, 0.05) is 4.90 Å². The molecule has 20 heavy (non-hydrogen) atoms. The molecule has 2 aromatic carbocycles. The normalized spacial score (nSPS) is 14.9. The van der Waals surface area contributed by atoms with Gasteiger partial charge in [0.05, 0.1) is 6.04 Å². The molecule has 0 fully saturated rings. The molecule has 0 aliphatic carbocycles. The third-order valence-electron chi connectivity index (χ3n) is 3.40. The average molecular weight is 287 g/mol. The molecule has 2 aromatic rings. The molecular weight excluding hydrogens is 270 g/mol. The summed E-state index contributed by atoms with van der Waals surface area (Å²) in [6.45, 7) is 1.20. The molecule has 3 nitrogen and oxygen atoms in total. The zero-order chi connectivity index (χ0) is 13.9. The Hall–Kier alpha value is -1.65. The van der Waals surface area contributed by atoms with E-state index in [-0.39, 0.29) is 6.04 Å². The summed E-state index contributed by atoms with van der Waals surface area (Å²) >= 11 is 1.73. The Morgan fingerprint density at radius 3 is 2.30 bits per heavy atom. The number of fused-ring (bicyclic) bond motifs is 1. The van der Waals surface area contributed by atoms with Crippen LogP contribution in [0.4, 0.5) is 0 Å². The van der Waals surface area contributed by atoms with E-state index < -0.39 is 0 Å². The van der Waals surface area contributed by atoms with Gasteiger partial charge in [0.1, 0.15) is 13.2 Å².